The zero-order valence-corrected chi connectivity index (χ0v) is 11.5. The van der Waals surface area contributed by atoms with Gasteiger partial charge >= 0.3 is 0 Å². The Labute approximate surface area is 114 Å². The molecule has 0 aromatic heterocycles. The Morgan fingerprint density at radius 3 is 2.58 bits per heavy atom. The van der Waals surface area contributed by atoms with Crippen LogP contribution < -0.4 is 4.74 Å². The van der Waals surface area contributed by atoms with Gasteiger partial charge < -0.3 is 4.74 Å². The van der Waals surface area contributed by atoms with Crippen LogP contribution in [-0.4, -0.2) is 36.9 Å². The summed E-state index contributed by atoms with van der Waals surface area (Å²) < 4.78 is 5.69. The van der Waals surface area contributed by atoms with Gasteiger partial charge in [0.1, 0.15) is 12.4 Å². The van der Waals surface area contributed by atoms with Crippen molar-refractivity contribution in [2.45, 2.75) is 19.8 Å². The van der Waals surface area contributed by atoms with Gasteiger partial charge in [0.05, 0.1) is 0 Å². The minimum Gasteiger partial charge on any atom is -0.492 e. The van der Waals surface area contributed by atoms with Crippen LogP contribution in [0, 0.1) is 0 Å². The number of nitrogens with zero attached hydrogens (tertiary/aromatic N) is 1. The van der Waals surface area contributed by atoms with Gasteiger partial charge in [0.25, 0.3) is 0 Å². The van der Waals surface area contributed by atoms with E-state index in [-0.39, 0.29) is 5.78 Å². The lowest BCUT2D eigenvalue weighted by molar-refractivity contribution is 0.104. The first-order valence-corrected chi connectivity index (χ1v) is 6.92. The molecule has 0 saturated carbocycles. The normalized spacial score (nSPS) is 16.1. The van der Waals surface area contributed by atoms with Crippen LogP contribution in [0.3, 0.4) is 0 Å². The third kappa shape index (κ3) is 4.21. The largest absolute Gasteiger partial charge is 0.492 e. The lowest BCUT2D eigenvalue weighted by atomic mass is 10.1. The molecular weight excluding hydrogens is 238 g/mol. The van der Waals surface area contributed by atoms with E-state index in [4.69, 9.17) is 4.74 Å². The molecule has 0 amide bonds. The fourth-order valence-electron chi connectivity index (χ4n) is 2.26. The molecule has 2 rings (SSSR count). The predicted octanol–water partition coefficient (Wildman–Crippen LogP) is 2.92. The Balaban J connectivity index is 1.79. The van der Waals surface area contributed by atoms with E-state index >= 15 is 0 Å². The summed E-state index contributed by atoms with van der Waals surface area (Å²) in [7, 11) is 0. The molecule has 0 aliphatic carbocycles. The summed E-state index contributed by atoms with van der Waals surface area (Å²) in [5.41, 5.74) is 0.699. The van der Waals surface area contributed by atoms with Crippen LogP contribution in [0.15, 0.2) is 36.4 Å². The SMILES string of the molecule is CC=CC(=O)c1ccc(OCCN2CCCC2)cc1. The lowest BCUT2D eigenvalue weighted by Crippen LogP contribution is -2.25. The first-order valence-electron chi connectivity index (χ1n) is 6.92. The summed E-state index contributed by atoms with van der Waals surface area (Å²) in [6, 6.07) is 7.35. The number of hydrogen-bond acceptors (Lipinski definition) is 3. The van der Waals surface area contributed by atoms with Gasteiger partial charge in [0.15, 0.2) is 5.78 Å². The molecule has 0 radical (unpaired) electrons. The first-order chi connectivity index (χ1) is 9.29. The number of carbonyl (C=O) groups is 1. The van der Waals surface area contributed by atoms with E-state index in [0.717, 1.165) is 12.3 Å². The molecule has 3 nitrogen and oxygen atoms in total. The molecule has 1 aromatic rings. The zero-order valence-electron chi connectivity index (χ0n) is 11.5. The molecule has 102 valence electrons. The molecule has 3 heteroatoms. The maximum absolute atomic E-state index is 11.6. The van der Waals surface area contributed by atoms with Gasteiger partial charge in [-0.25, -0.2) is 0 Å². The van der Waals surface area contributed by atoms with Gasteiger partial charge in [-0.05, 0) is 63.2 Å². The first kappa shape index (κ1) is 13.8. The van der Waals surface area contributed by atoms with Gasteiger partial charge in [0.2, 0.25) is 0 Å². The average Bonchev–Trinajstić information content (AvgIpc) is 2.93. The lowest BCUT2D eigenvalue weighted by Gasteiger charge is -2.14. The monoisotopic (exact) mass is 259 g/mol. The molecule has 1 aliphatic heterocycles. The van der Waals surface area contributed by atoms with E-state index in [2.05, 4.69) is 4.90 Å². The van der Waals surface area contributed by atoms with E-state index < -0.39 is 0 Å². The van der Waals surface area contributed by atoms with Crippen molar-refractivity contribution in [1.29, 1.82) is 0 Å². The standard InChI is InChI=1S/C16H21NO2/c1-2-5-16(18)14-6-8-15(9-7-14)19-13-12-17-10-3-4-11-17/h2,5-9H,3-4,10-13H2,1H3. The van der Waals surface area contributed by atoms with Crippen LogP contribution in [0.2, 0.25) is 0 Å². The number of carbonyl (C=O) groups excluding carboxylic acids is 1. The molecule has 19 heavy (non-hydrogen) atoms. The minimum atomic E-state index is 0.0334. The molecule has 1 aromatic carbocycles. The van der Waals surface area contributed by atoms with Gasteiger partial charge in [-0.15, -0.1) is 0 Å². The molecule has 1 fully saturated rings. The van der Waals surface area contributed by atoms with Gasteiger partial charge in [-0.3, -0.25) is 9.69 Å². The summed E-state index contributed by atoms with van der Waals surface area (Å²) in [4.78, 5) is 14.0. The third-order valence-corrected chi connectivity index (χ3v) is 3.33. The van der Waals surface area contributed by atoms with Crippen molar-refractivity contribution in [2.24, 2.45) is 0 Å². The van der Waals surface area contributed by atoms with Gasteiger partial charge in [-0.2, -0.15) is 0 Å². The van der Waals surface area contributed by atoms with Crippen molar-refractivity contribution >= 4 is 5.78 Å². The molecule has 0 spiro atoms. The van der Waals surface area contributed by atoms with Crippen LogP contribution in [0.25, 0.3) is 0 Å². The Kier molecular flexibility index (Phi) is 5.16. The quantitative estimate of drug-likeness (QED) is 0.581. The van der Waals surface area contributed by atoms with E-state index in [1.54, 1.807) is 12.2 Å². The summed E-state index contributed by atoms with van der Waals surface area (Å²) in [5.74, 6) is 0.863. The molecular formula is C16H21NO2. The third-order valence-electron chi connectivity index (χ3n) is 3.33. The van der Waals surface area contributed by atoms with Crippen molar-refractivity contribution in [2.75, 3.05) is 26.2 Å². The highest BCUT2D eigenvalue weighted by Crippen LogP contribution is 2.13. The Morgan fingerprint density at radius 2 is 1.95 bits per heavy atom. The van der Waals surface area contributed by atoms with E-state index in [1.165, 1.54) is 25.9 Å². The zero-order chi connectivity index (χ0) is 13.5. The second kappa shape index (κ2) is 7.10. The van der Waals surface area contributed by atoms with E-state index in [9.17, 15) is 4.79 Å². The fraction of sp³-hybridized carbons (Fsp3) is 0.438. The van der Waals surface area contributed by atoms with Crippen molar-refractivity contribution in [3.05, 3.63) is 42.0 Å². The second-order valence-electron chi connectivity index (χ2n) is 4.79. The van der Waals surface area contributed by atoms with Gasteiger partial charge in [0, 0.05) is 12.1 Å². The number of allylic oxidation sites excluding steroid dienone is 2. The van der Waals surface area contributed by atoms with Crippen LogP contribution in [0.5, 0.6) is 5.75 Å². The number of hydrogen-bond donors (Lipinski definition) is 0. The maximum atomic E-state index is 11.6. The average molecular weight is 259 g/mol. The van der Waals surface area contributed by atoms with Crippen molar-refractivity contribution in [3.8, 4) is 5.75 Å². The van der Waals surface area contributed by atoms with Crippen LogP contribution >= 0.6 is 0 Å². The van der Waals surface area contributed by atoms with Crippen LogP contribution in [0.4, 0.5) is 0 Å². The van der Waals surface area contributed by atoms with Crippen molar-refractivity contribution in [1.82, 2.24) is 4.90 Å². The van der Waals surface area contributed by atoms with E-state index in [1.807, 2.05) is 31.2 Å². The fourth-order valence-corrected chi connectivity index (χ4v) is 2.26. The molecule has 0 bridgehead atoms. The van der Waals surface area contributed by atoms with E-state index in [0.29, 0.717) is 12.2 Å². The molecule has 1 saturated heterocycles. The second-order valence-corrected chi connectivity index (χ2v) is 4.79. The van der Waals surface area contributed by atoms with Gasteiger partial charge in [-0.1, -0.05) is 6.08 Å². The minimum absolute atomic E-state index is 0.0334. The Bertz CT molecular complexity index is 431. The van der Waals surface area contributed by atoms with Crippen molar-refractivity contribution < 1.29 is 9.53 Å². The van der Waals surface area contributed by atoms with Crippen LogP contribution in [-0.2, 0) is 0 Å². The topological polar surface area (TPSA) is 29.5 Å². The summed E-state index contributed by atoms with van der Waals surface area (Å²) in [5, 5.41) is 0. The Hall–Kier alpha value is -1.61. The molecule has 0 atom stereocenters. The summed E-state index contributed by atoms with van der Waals surface area (Å²) in [6.45, 7) is 5.93. The molecule has 0 N–H and O–H groups in total. The Morgan fingerprint density at radius 1 is 1.26 bits per heavy atom. The number of likely N-dealkylation sites (tertiary alicyclic amines) is 1. The highest BCUT2D eigenvalue weighted by atomic mass is 16.5. The number of benzene rings is 1. The maximum Gasteiger partial charge on any atom is 0.185 e. The highest BCUT2D eigenvalue weighted by molar-refractivity contribution is 6.04. The molecule has 0 unspecified atom stereocenters. The number of rotatable bonds is 6. The van der Waals surface area contributed by atoms with Crippen molar-refractivity contribution in [3.63, 3.8) is 0 Å². The highest BCUT2D eigenvalue weighted by Gasteiger charge is 2.10. The predicted molar refractivity (Wildman–Crippen MR) is 76.8 cm³/mol. The molecule has 1 aliphatic rings. The number of ether oxygens (including phenoxy) is 1. The smallest absolute Gasteiger partial charge is 0.185 e. The summed E-state index contributed by atoms with van der Waals surface area (Å²) >= 11 is 0. The molecule has 1 heterocycles. The number of ketones is 1. The summed E-state index contributed by atoms with van der Waals surface area (Å²) in [6.07, 6.45) is 5.94. The van der Waals surface area contributed by atoms with Crippen LogP contribution in [0.1, 0.15) is 30.1 Å².